The Hall–Kier alpha value is -2.74. The minimum Gasteiger partial charge on any atom is -0.497 e. The Kier molecular flexibility index (Phi) is 5.08. The molecule has 2 heterocycles. The molecule has 0 aliphatic carbocycles. The molecule has 0 atom stereocenters. The van der Waals surface area contributed by atoms with Crippen LogP contribution in [0.5, 0.6) is 5.75 Å². The first-order valence-electron chi connectivity index (χ1n) is 8.27. The molecule has 1 aliphatic rings. The number of methoxy groups -OCH3 is 1. The standard InChI is InChI=1S/C17H25N7O/c1-22(2)21-16-15(18)17(20-12-19-16)24-10-8-23(9-11-24)13-4-6-14(25-3)7-5-13/h4-7,12H,8-11,18H2,1-3H3,(H,19,20,21). The van der Waals surface area contributed by atoms with E-state index < -0.39 is 0 Å². The molecule has 1 aromatic heterocycles. The highest BCUT2D eigenvalue weighted by Gasteiger charge is 2.21. The first-order chi connectivity index (χ1) is 12.1. The number of nitrogens with one attached hydrogen (secondary N) is 1. The predicted molar refractivity (Wildman–Crippen MR) is 101 cm³/mol. The van der Waals surface area contributed by atoms with E-state index in [1.165, 1.54) is 5.69 Å². The lowest BCUT2D eigenvalue weighted by atomic mass is 10.2. The molecule has 3 rings (SSSR count). The van der Waals surface area contributed by atoms with Crippen LogP contribution in [0.2, 0.25) is 0 Å². The van der Waals surface area contributed by atoms with Gasteiger partial charge in [-0.3, -0.25) is 0 Å². The van der Waals surface area contributed by atoms with Gasteiger partial charge in [0.05, 0.1) is 7.11 Å². The number of nitrogens with zero attached hydrogens (tertiary/aromatic N) is 5. The largest absolute Gasteiger partial charge is 0.497 e. The van der Waals surface area contributed by atoms with Crippen LogP contribution in [0.15, 0.2) is 30.6 Å². The van der Waals surface area contributed by atoms with Gasteiger partial charge >= 0.3 is 0 Å². The second-order valence-corrected chi connectivity index (χ2v) is 6.14. The molecular formula is C17H25N7O. The molecule has 2 aromatic rings. The summed E-state index contributed by atoms with van der Waals surface area (Å²) in [5, 5.41) is 1.81. The Morgan fingerprint density at radius 1 is 1.04 bits per heavy atom. The fourth-order valence-electron chi connectivity index (χ4n) is 2.91. The van der Waals surface area contributed by atoms with Crippen molar-refractivity contribution in [1.29, 1.82) is 0 Å². The molecule has 0 saturated carbocycles. The van der Waals surface area contributed by atoms with E-state index in [0.717, 1.165) is 37.7 Å². The van der Waals surface area contributed by atoms with Gasteiger partial charge in [-0.25, -0.2) is 15.0 Å². The van der Waals surface area contributed by atoms with Gasteiger partial charge < -0.3 is 25.7 Å². The van der Waals surface area contributed by atoms with Crippen molar-refractivity contribution < 1.29 is 4.74 Å². The second kappa shape index (κ2) is 7.43. The molecule has 0 unspecified atom stereocenters. The van der Waals surface area contributed by atoms with E-state index in [1.807, 2.05) is 31.2 Å². The van der Waals surface area contributed by atoms with Crippen molar-refractivity contribution in [3.63, 3.8) is 0 Å². The SMILES string of the molecule is COc1ccc(N2CCN(c3ncnc(NN(C)C)c3N)CC2)cc1. The van der Waals surface area contributed by atoms with Gasteiger partial charge in [-0.15, -0.1) is 0 Å². The first kappa shape index (κ1) is 17.1. The van der Waals surface area contributed by atoms with Crippen molar-refractivity contribution in [3.8, 4) is 5.75 Å². The highest BCUT2D eigenvalue weighted by Crippen LogP contribution is 2.28. The summed E-state index contributed by atoms with van der Waals surface area (Å²) in [6, 6.07) is 8.16. The summed E-state index contributed by atoms with van der Waals surface area (Å²) >= 11 is 0. The molecule has 1 fully saturated rings. The van der Waals surface area contributed by atoms with Gasteiger partial charge in [-0.05, 0) is 24.3 Å². The third-order valence-electron chi connectivity index (χ3n) is 4.21. The molecule has 0 amide bonds. The molecule has 3 N–H and O–H groups in total. The Morgan fingerprint density at radius 3 is 2.28 bits per heavy atom. The number of aromatic nitrogens is 2. The molecule has 0 radical (unpaired) electrons. The molecule has 134 valence electrons. The van der Waals surface area contributed by atoms with Crippen LogP contribution in [0.4, 0.5) is 23.0 Å². The zero-order valence-corrected chi connectivity index (χ0v) is 14.9. The summed E-state index contributed by atoms with van der Waals surface area (Å²) in [7, 11) is 5.48. The van der Waals surface area contributed by atoms with E-state index in [1.54, 1.807) is 13.4 Å². The predicted octanol–water partition coefficient (Wildman–Crippen LogP) is 1.28. The van der Waals surface area contributed by atoms with Gasteiger partial charge in [-0.2, -0.15) is 0 Å². The highest BCUT2D eigenvalue weighted by molar-refractivity contribution is 5.75. The Labute approximate surface area is 148 Å². The Bertz CT molecular complexity index is 697. The number of nitrogens with two attached hydrogens (primary N) is 1. The summed E-state index contributed by atoms with van der Waals surface area (Å²) in [5.74, 6) is 2.29. The van der Waals surface area contributed by atoms with Crippen LogP contribution in [0.3, 0.4) is 0 Å². The zero-order chi connectivity index (χ0) is 17.8. The number of rotatable bonds is 5. The van der Waals surface area contributed by atoms with Crippen LogP contribution >= 0.6 is 0 Å². The molecule has 8 heteroatoms. The monoisotopic (exact) mass is 343 g/mol. The number of ether oxygens (including phenoxy) is 1. The van der Waals surface area contributed by atoms with E-state index in [2.05, 4.69) is 37.3 Å². The number of piperazine rings is 1. The molecule has 1 aliphatic heterocycles. The minimum absolute atomic E-state index is 0.578. The zero-order valence-electron chi connectivity index (χ0n) is 14.9. The van der Waals surface area contributed by atoms with Crippen LogP contribution < -0.4 is 25.7 Å². The smallest absolute Gasteiger partial charge is 0.169 e. The van der Waals surface area contributed by atoms with Crippen LogP contribution in [-0.2, 0) is 0 Å². The minimum atomic E-state index is 0.578. The number of benzene rings is 1. The van der Waals surface area contributed by atoms with E-state index in [-0.39, 0.29) is 0 Å². The van der Waals surface area contributed by atoms with Crippen molar-refractivity contribution in [3.05, 3.63) is 30.6 Å². The number of hydrogen-bond donors (Lipinski definition) is 2. The van der Waals surface area contributed by atoms with Crippen LogP contribution in [0.1, 0.15) is 0 Å². The van der Waals surface area contributed by atoms with Gasteiger partial charge in [0.15, 0.2) is 11.6 Å². The van der Waals surface area contributed by atoms with Crippen LogP contribution in [0.25, 0.3) is 0 Å². The summed E-state index contributed by atoms with van der Waals surface area (Å²) in [4.78, 5) is 13.2. The van der Waals surface area contributed by atoms with E-state index >= 15 is 0 Å². The summed E-state index contributed by atoms with van der Waals surface area (Å²) in [6.07, 6.45) is 1.55. The molecule has 1 aromatic carbocycles. The molecule has 8 nitrogen and oxygen atoms in total. The summed E-state index contributed by atoms with van der Waals surface area (Å²) < 4.78 is 5.22. The molecule has 25 heavy (non-hydrogen) atoms. The number of nitrogen functional groups attached to an aromatic ring is 1. The number of anilines is 4. The summed E-state index contributed by atoms with van der Waals surface area (Å²) in [5.41, 5.74) is 11.1. The quantitative estimate of drug-likeness (QED) is 0.786. The molecule has 0 spiro atoms. The van der Waals surface area contributed by atoms with Gasteiger partial charge in [0.2, 0.25) is 0 Å². The molecule has 0 bridgehead atoms. The average Bonchev–Trinajstić information content (AvgIpc) is 2.63. The maximum absolute atomic E-state index is 6.26. The maximum atomic E-state index is 6.26. The molecule has 1 saturated heterocycles. The second-order valence-electron chi connectivity index (χ2n) is 6.14. The van der Waals surface area contributed by atoms with E-state index in [9.17, 15) is 0 Å². The van der Waals surface area contributed by atoms with Crippen molar-refractivity contribution in [2.45, 2.75) is 0 Å². The lowest BCUT2D eigenvalue weighted by molar-refractivity contribution is 0.415. The van der Waals surface area contributed by atoms with Gasteiger partial charge in [-0.1, -0.05) is 0 Å². The summed E-state index contributed by atoms with van der Waals surface area (Å²) in [6.45, 7) is 3.53. The maximum Gasteiger partial charge on any atom is 0.169 e. The van der Waals surface area contributed by atoms with Gasteiger partial charge in [0.25, 0.3) is 0 Å². The van der Waals surface area contributed by atoms with Crippen LogP contribution in [-0.4, -0.2) is 62.4 Å². The third kappa shape index (κ3) is 3.85. The van der Waals surface area contributed by atoms with Crippen molar-refractivity contribution in [1.82, 2.24) is 15.0 Å². The fourth-order valence-corrected chi connectivity index (χ4v) is 2.91. The average molecular weight is 343 g/mol. The van der Waals surface area contributed by atoms with Crippen molar-refractivity contribution >= 4 is 23.0 Å². The Morgan fingerprint density at radius 2 is 1.68 bits per heavy atom. The Balaban J connectivity index is 1.67. The lowest BCUT2D eigenvalue weighted by Gasteiger charge is -2.37. The fraction of sp³-hybridized carbons (Fsp3) is 0.412. The molecular weight excluding hydrogens is 318 g/mol. The van der Waals surface area contributed by atoms with Crippen LogP contribution in [0, 0.1) is 0 Å². The van der Waals surface area contributed by atoms with Gasteiger partial charge in [0.1, 0.15) is 17.8 Å². The third-order valence-corrected chi connectivity index (χ3v) is 4.21. The first-order valence-corrected chi connectivity index (χ1v) is 8.27. The number of hydrazine groups is 1. The topological polar surface area (TPSA) is 82.8 Å². The van der Waals surface area contributed by atoms with Crippen molar-refractivity contribution in [2.75, 3.05) is 68.3 Å². The van der Waals surface area contributed by atoms with E-state index in [4.69, 9.17) is 10.5 Å². The normalized spacial score (nSPS) is 14.7. The van der Waals surface area contributed by atoms with Crippen molar-refractivity contribution in [2.24, 2.45) is 0 Å². The van der Waals surface area contributed by atoms with Gasteiger partial charge in [0, 0.05) is 46.0 Å². The highest BCUT2D eigenvalue weighted by atomic mass is 16.5. The lowest BCUT2D eigenvalue weighted by Crippen LogP contribution is -2.47. The number of hydrogen-bond acceptors (Lipinski definition) is 8. The van der Waals surface area contributed by atoms with E-state index in [0.29, 0.717) is 11.5 Å².